The number of rotatable bonds is 0. The summed E-state index contributed by atoms with van der Waals surface area (Å²) in [6.45, 7) is 4.33. The molecule has 0 bridgehead atoms. The number of nitrogens with two attached hydrogens (primary N) is 1. The van der Waals surface area contributed by atoms with Crippen molar-refractivity contribution >= 4 is 0 Å². The molecular weight excluding hydrogens is 86.1 g/mol. The molecule has 1 aliphatic carbocycles. The van der Waals surface area contributed by atoms with Gasteiger partial charge in [-0.3, -0.25) is 0 Å². The minimum absolute atomic E-state index is 0.639. The molecule has 0 spiro atoms. The van der Waals surface area contributed by atoms with E-state index in [4.69, 9.17) is 5.73 Å². The van der Waals surface area contributed by atoms with E-state index in [2.05, 4.69) is 19.9 Å². The Balaban J connectivity index is 2.57. The van der Waals surface area contributed by atoms with Gasteiger partial charge in [0.15, 0.2) is 0 Å². The first-order valence-corrected chi connectivity index (χ1v) is 2.69. The SMILES string of the molecule is CC1C=C(N)[C@H]1C. The quantitative estimate of drug-likeness (QED) is 0.481. The Morgan fingerprint density at radius 1 is 1.57 bits per heavy atom. The molecule has 0 fully saturated rings. The van der Waals surface area contributed by atoms with Crippen LogP contribution in [0.15, 0.2) is 11.8 Å². The summed E-state index contributed by atoms with van der Waals surface area (Å²) in [4.78, 5) is 0. The van der Waals surface area contributed by atoms with Crippen molar-refractivity contribution in [3.63, 3.8) is 0 Å². The summed E-state index contributed by atoms with van der Waals surface area (Å²) in [5, 5.41) is 0. The monoisotopic (exact) mass is 97.1 g/mol. The molecule has 0 amide bonds. The van der Waals surface area contributed by atoms with Gasteiger partial charge in [0.05, 0.1) is 0 Å². The highest BCUT2D eigenvalue weighted by Gasteiger charge is 2.20. The first-order chi connectivity index (χ1) is 3.22. The van der Waals surface area contributed by atoms with Crippen LogP contribution in [0.1, 0.15) is 13.8 Å². The highest BCUT2D eigenvalue weighted by Crippen LogP contribution is 2.27. The molecule has 1 rings (SSSR count). The lowest BCUT2D eigenvalue weighted by molar-refractivity contribution is 0.457. The van der Waals surface area contributed by atoms with Crippen molar-refractivity contribution in [2.24, 2.45) is 17.6 Å². The normalized spacial score (nSPS) is 39.4. The zero-order valence-corrected chi connectivity index (χ0v) is 4.81. The van der Waals surface area contributed by atoms with Crippen LogP contribution >= 0.6 is 0 Å². The number of hydrogen-bond acceptors (Lipinski definition) is 1. The van der Waals surface area contributed by atoms with Crippen molar-refractivity contribution in [3.8, 4) is 0 Å². The third kappa shape index (κ3) is 0.521. The van der Waals surface area contributed by atoms with E-state index >= 15 is 0 Å². The smallest absolute Gasteiger partial charge is 0.00774 e. The fourth-order valence-corrected chi connectivity index (χ4v) is 0.785. The van der Waals surface area contributed by atoms with Gasteiger partial charge in [-0.05, 0) is 5.92 Å². The van der Waals surface area contributed by atoms with Gasteiger partial charge in [0, 0.05) is 11.6 Å². The summed E-state index contributed by atoms with van der Waals surface area (Å²) in [6, 6.07) is 0. The summed E-state index contributed by atoms with van der Waals surface area (Å²) >= 11 is 0. The Kier molecular flexibility index (Phi) is 0.841. The van der Waals surface area contributed by atoms with Crippen LogP contribution in [0.25, 0.3) is 0 Å². The fraction of sp³-hybridized carbons (Fsp3) is 0.667. The zero-order chi connectivity index (χ0) is 5.44. The molecule has 40 valence electrons. The van der Waals surface area contributed by atoms with E-state index in [1.165, 1.54) is 0 Å². The van der Waals surface area contributed by atoms with E-state index in [-0.39, 0.29) is 0 Å². The maximum absolute atomic E-state index is 5.47. The van der Waals surface area contributed by atoms with Gasteiger partial charge in [-0.15, -0.1) is 0 Å². The molecule has 7 heavy (non-hydrogen) atoms. The van der Waals surface area contributed by atoms with E-state index in [0.29, 0.717) is 5.92 Å². The standard InChI is InChI=1S/C6H11N/c1-4-3-6(7)5(4)2/h3-5H,7H2,1-2H3/t4?,5-/m0/s1. The highest BCUT2D eigenvalue weighted by molar-refractivity contribution is 5.16. The molecule has 0 aromatic heterocycles. The number of hydrogen-bond donors (Lipinski definition) is 1. The minimum atomic E-state index is 0.639. The summed E-state index contributed by atoms with van der Waals surface area (Å²) in [5.74, 6) is 1.36. The van der Waals surface area contributed by atoms with Crippen LogP contribution in [0.3, 0.4) is 0 Å². The molecule has 1 unspecified atom stereocenters. The van der Waals surface area contributed by atoms with Crippen LogP contribution in [0.4, 0.5) is 0 Å². The Labute approximate surface area is 44.2 Å². The van der Waals surface area contributed by atoms with Crippen molar-refractivity contribution in [2.45, 2.75) is 13.8 Å². The fourth-order valence-electron chi connectivity index (χ4n) is 0.785. The summed E-state index contributed by atoms with van der Waals surface area (Å²) in [5.41, 5.74) is 6.54. The van der Waals surface area contributed by atoms with Crippen molar-refractivity contribution in [3.05, 3.63) is 11.8 Å². The maximum Gasteiger partial charge on any atom is 0.00774 e. The van der Waals surface area contributed by atoms with Crippen LogP contribution in [-0.4, -0.2) is 0 Å². The van der Waals surface area contributed by atoms with E-state index in [9.17, 15) is 0 Å². The molecule has 0 saturated heterocycles. The first-order valence-electron chi connectivity index (χ1n) is 2.69. The molecule has 0 saturated carbocycles. The predicted molar refractivity (Wildman–Crippen MR) is 30.6 cm³/mol. The van der Waals surface area contributed by atoms with Gasteiger partial charge in [-0.1, -0.05) is 19.9 Å². The average molecular weight is 97.2 g/mol. The molecule has 0 aromatic rings. The van der Waals surface area contributed by atoms with Crippen molar-refractivity contribution < 1.29 is 0 Å². The maximum atomic E-state index is 5.47. The highest BCUT2D eigenvalue weighted by atomic mass is 14.6. The van der Waals surface area contributed by atoms with Crippen LogP contribution in [-0.2, 0) is 0 Å². The Bertz CT molecular complexity index is 105. The van der Waals surface area contributed by atoms with Gasteiger partial charge >= 0.3 is 0 Å². The third-order valence-electron chi connectivity index (χ3n) is 1.77. The lowest BCUT2D eigenvalue weighted by Gasteiger charge is -2.26. The lowest BCUT2D eigenvalue weighted by Crippen LogP contribution is -2.24. The summed E-state index contributed by atoms with van der Waals surface area (Å²) in [7, 11) is 0. The second-order valence-electron chi connectivity index (χ2n) is 2.31. The van der Waals surface area contributed by atoms with Gasteiger partial charge in [-0.2, -0.15) is 0 Å². The Morgan fingerprint density at radius 3 is 2.14 bits per heavy atom. The first kappa shape index (κ1) is 4.69. The predicted octanol–water partition coefficient (Wildman–Crippen LogP) is 1.11. The summed E-state index contributed by atoms with van der Waals surface area (Å²) < 4.78 is 0. The topological polar surface area (TPSA) is 26.0 Å². The molecule has 0 radical (unpaired) electrons. The van der Waals surface area contributed by atoms with Gasteiger partial charge < -0.3 is 5.73 Å². The summed E-state index contributed by atoms with van der Waals surface area (Å²) in [6.07, 6.45) is 2.10. The Morgan fingerprint density at radius 2 is 2.14 bits per heavy atom. The second kappa shape index (κ2) is 1.25. The molecule has 1 nitrogen and oxygen atoms in total. The molecule has 1 aliphatic rings. The molecule has 1 heteroatoms. The van der Waals surface area contributed by atoms with Gasteiger partial charge in [-0.25, -0.2) is 0 Å². The van der Waals surface area contributed by atoms with Crippen molar-refractivity contribution in [2.75, 3.05) is 0 Å². The van der Waals surface area contributed by atoms with Crippen molar-refractivity contribution in [1.82, 2.24) is 0 Å². The van der Waals surface area contributed by atoms with Crippen LogP contribution < -0.4 is 5.73 Å². The minimum Gasteiger partial charge on any atom is -0.402 e. The van der Waals surface area contributed by atoms with Crippen LogP contribution in [0, 0.1) is 11.8 Å². The number of allylic oxidation sites excluding steroid dienone is 2. The average Bonchev–Trinajstić information content (AvgIpc) is 1.68. The Hall–Kier alpha value is -0.460. The molecule has 0 aromatic carbocycles. The third-order valence-corrected chi connectivity index (χ3v) is 1.77. The van der Waals surface area contributed by atoms with E-state index in [1.54, 1.807) is 0 Å². The van der Waals surface area contributed by atoms with E-state index in [0.717, 1.165) is 11.6 Å². The van der Waals surface area contributed by atoms with E-state index < -0.39 is 0 Å². The van der Waals surface area contributed by atoms with Crippen LogP contribution in [0.2, 0.25) is 0 Å². The molecular formula is C6H11N. The van der Waals surface area contributed by atoms with Gasteiger partial charge in [0.25, 0.3) is 0 Å². The van der Waals surface area contributed by atoms with Crippen LogP contribution in [0.5, 0.6) is 0 Å². The molecule has 2 N–H and O–H groups in total. The largest absolute Gasteiger partial charge is 0.402 e. The molecule has 0 aliphatic heterocycles. The molecule has 2 atom stereocenters. The second-order valence-corrected chi connectivity index (χ2v) is 2.31. The molecule has 0 heterocycles. The van der Waals surface area contributed by atoms with Gasteiger partial charge in [0.2, 0.25) is 0 Å². The zero-order valence-electron chi connectivity index (χ0n) is 4.81. The van der Waals surface area contributed by atoms with Crippen molar-refractivity contribution in [1.29, 1.82) is 0 Å². The lowest BCUT2D eigenvalue weighted by atomic mass is 9.82. The van der Waals surface area contributed by atoms with Gasteiger partial charge in [0.1, 0.15) is 0 Å². The van der Waals surface area contributed by atoms with E-state index in [1.807, 2.05) is 0 Å².